The summed E-state index contributed by atoms with van der Waals surface area (Å²) in [5.74, 6) is 0.413. The van der Waals surface area contributed by atoms with Gasteiger partial charge in [-0.3, -0.25) is 0 Å². The van der Waals surface area contributed by atoms with E-state index in [9.17, 15) is 4.39 Å². The summed E-state index contributed by atoms with van der Waals surface area (Å²) in [6.45, 7) is 0. The average Bonchev–Trinajstić information content (AvgIpc) is 2.46. The van der Waals surface area contributed by atoms with Gasteiger partial charge in [-0.05, 0) is 24.3 Å². The van der Waals surface area contributed by atoms with Gasteiger partial charge in [0.1, 0.15) is 11.6 Å². The van der Waals surface area contributed by atoms with Crippen molar-refractivity contribution in [1.29, 1.82) is 0 Å². The van der Waals surface area contributed by atoms with E-state index in [0.717, 1.165) is 10.9 Å². The van der Waals surface area contributed by atoms with Gasteiger partial charge in [0, 0.05) is 17.0 Å². The molecule has 0 aliphatic carbocycles. The van der Waals surface area contributed by atoms with Crippen molar-refractivity contribution < 1.29 is 9.13 Å². The number of aromatic nitrogens is 1. The van der Waals surface area contributed by atoms with Gasteiger partial charge in [-0.2, -0.15) is 0 Å². The predicted molar refractivity (Wildman–Crippen MR) is 73.7 cm³/mol. The predicted octanol–water partition coefficient (Wildman–Crippen LogP) is 4.05. The van der Waals surface area contributed by atoms with E-state index in [1.807, 2.05) is 24.3 Å². The molecule has 0 saturated carbocycles. The van der Waals surface area contributed by atoms with Gasteiger partial charge in [0.15, 0.2) is 0 Å². The summed E-state index contributed by atoms with van der Waals surface area (Å²) in [6.07, 6.45) is 0. The molecule has 0 unspecified atom stereocenters. The first kappa shape index (κ1) is 11.7. The Kier molecular flexibility index (Phi) is 2.88. The molecular weight excluding hydrogens is 241 g/mol. The highest BCUT2D eigenvalue weighted by Gasteiger charge is 2.10. The number of fused-ring (bicyclic) bond motifs is 1. The molecule has 19 heavy (non-hydrogen) atoms. The first-order valence-corrected chi connectivity index (χ1v) is 5.98. The average molecular weight is 253 g/mol. The molecule has 3 rings (SSSR count). The molecule has 1 aromatic heterocycles. The zero-order valence-corrected chi connectivity index (χ0v) is 10.4. The van der Waals surface area contributed by atoms with Crippen LogP contribution >= 0.6 is 0 Å². The quantitative estimate of drug-likeness (QED) is 0.687. The molecule has 0 saturated heterocycles. The zero-order valence-electron chi connectivity index (χ0n) is 10.4. The Hall–Kier alpha value is -2.42. The molecule has 0 bridgehead atoms. The molecule has 0 N–H and O–H groups in total. The number of ether oxygens (including phenoxy) is 1. The minimum absolute atomic E-state index is 0.285. The maximum absolute atomic E-state index is 13.8. The third kappa shape index (κ3) is 2.03. The van der Waals surface area contributed by atoms with Crippen LogP contribution in [0.4, 0.5) is 4.39 Å². The lowest BCUT2D eigenvalue weighted by Gasteiger charge is -2.09. The lowest BCUT2D eigenvalue weighted by Crippen LogP contribution is -1.92. The van der Waals surface area contributed by atoms with Crippen LogP contribution in [0.2, 0.25) is 0 Å². The highest BCUT2D eigenvalue weighted by molar-refractivity contribution is 5.87. The molecule has 1 heterocycles. The lowest BCUT2D eigenvalue weighted by molar-refractivity contribution is 0.419. The third-order valence-electron chi connectivity index (χ3n) is 3.05. The second-order valence-corrected chi connectivity index (χ2v) is 4.21. The normalized spacial score (nSPS) is 10.6. The number of halogens is 1. The summed E-state index contributed by atoms with van der Waals surface area (Å²) in [4.78, 5) is 4.49. The van der Waals surface area contributed by atoms with Gasteiger partial charge in [0.25, 0.3) is 0 Å². The summed E-state index contributed by atoms with van der Waals surface area (Å²) in [6, 6.07) is 16.0. The van der Waals surface area contributed by atoms with E-state index < -0.39 is 0 Å². The Morgan fingerprint density at radius 3 is 2.53 bits per heavy atom. The SMILES string of the molecule is COc1cc(-c2ccccc2F)nc2ccccc12. The van der Waals surface area contributed by atoms with Crippen molar-refractivity contribution in [3.63, 3.8) is 0 Å². The summed E-state index contributed by atoms with van der Waals surface area (Å²) in [5, 5.41) is 0.921. The number of methoxy groups -OCH3 is 1. The maximum atomic E-state index is 13.8. The summed E-state index contributed by atoms with van der Waals surface area (Å²) in [7, 11) is 1.60. The molecule has 0 radical (unpaired) electrons. The molecule has 0 spiro atoms. The van der Waals surface area contributed by atoms with Crippen LogP contribution in [0.15, 0.2) is 54.6 Å². The van der Waals surface area contributed by atoms with Crippen molar-refractivity contribution in [2.24, 2.45) is 0 Å². The van der Waals surface area contributed by atoms with E-state index in [2.05, 4.69) is 4.98 Å². The maximum Gasteiger partial charge on any atom is 0.132 e. The zero-order chi connectivity index (χ0) is 13.2. The first-order chi connectivity index (χ1) is 9.29. The van der Waals surface area contributed by atoms with E-state index in [1.165, 1.54) is 6.07 Å². The van der Waals surface area contributed by atoms with Crippen molar-refractivity contribution in [3.05, 3.63) is 60.4 Å². The second kappa shape index (κ2) is 4.69. The standard InChI is InChI=1S/C16H12FNO/c1-19-16-10-15(11-6-2-4-8-13(11)17)18-14-9-5-3-7-12(14)16/h2-10H,1H3. The Bertz CT molecular complexity index is 740. The van der Waals surface area contributed by atoms with Crippen LogP contribution in [0.5, 0.6) is 5.75 Å². The summed E-state index contributed by atoms with van der Waals surface area (Å²) < 4.78 is 19.2. The van der Waals surface area contributed by atoms with Crippen molar-refractivity contribution >= 4 is 10.9 Å². The van der Waals surface area contributed by atoms with Gasteiger partial charge in [0.05, 0.1) is 18.3 Å². The van der Waals surface area contributed by atoms with Crippen LogP contribution in [-0.2, 0) is 0 Å². The van der Waals surface area contributed by atoms with Gasteiger partial charge in [0.2, 0.25) is 0 Å². The second-order valence-electron chi connectivity index (χ2n) is 4.21. The molecule has 0 aliphatic rings. The van der Waals surface area contributed by atoms with Gasteiger partial charge in [-0.25, -0.2) is 9.37 Å². The molecule has 94 valence electrons. The van der Waals surface area contributed by atoms with Crippen molar-refractivity contribution in [2.75, 3.05) is 7.11 Å². The highest BCUT2D eigenvalue weighted by Crippen LogP contribution is 2.30. The fraction of sp³-hybridized carbons (Fsp3) is 0.0625. The van der Waals surface area contributed by atoms with Crippen molar-refractivity contribution in [2.45, 2.75) is 0 Å². The summed E-state index contributed by atoms with van der Waals surface area (Å²) >= 11 is 0. The van der Waals surface area contributed by atoms with E-state index in [1.54, 1.807) is 31.4 Å². The largest absolute Gasteiger partial charge is 0.496 e. The van der Waals surface area contributed by atoms with Crippen molar-refractivity contribution in [3.8, 4) is 17.0 Å². The fourth-order valence-corrected chi connectivity index (χ4v) is 2.12. The van der Waals surface area contributed by atoms with E-state index in [4.69, 9.17) is 4.74 Å². The van der Waals surface area contributed by atoms with Crippen LogP contribution in [0, 0.1) is 5.82 Å². The van der Waals surface area contributed by atoms with E-state index in [-0.39, 0.29) is 5.82 Å². The van der Waals surface area contributed by atoms with Crippen LogP contribution in [0.25, 0.3) is 22.2 Å². The molecule has 0 fully saturated rings. The fourth-order valence-electron chi connectivity index (χ4n) is 2.12. The molecule has 2 nitrogen and oxygen atoms in total. The Labute approximate surface area is 110 Å². The first-order valence-electron chi connectivity index (χ1n) is 5.98. The molecule has 0 aliphatic heterocycles. The molecule has 0 amide bonds. The topological polar surface area (TPSA) is 22.1 Å². The minimum Gasteiger partial charge on any atom is -0.496 e. The molecule has 2 aromatic carbocycles. The van der Waals surface area contributed by atoms with E-state index in [0.29, 0.717) is 17.0 Å². The number of hydrogen-bond acceptors (Lipinski definition) is 2. The number of hydrogen-bond donors (Lipinski definition) is 0. The highest BCUT2D eigenvalue weighted by atomic mass is 19.1. The van der Waals surface area contributed by atoms with Crippen LogP contribution < -0.4 is 4.74 Å². The number of benzene rings is 2. The minimum atomic E-state index is -0.285. The van der Waals surface area contributed by atoms with Crippen LogP contribution in [0.1, 0.15) is 0 Å². The van der Waals surface area contributed by atoms with Crippen LogP contribution in [0.3, 0.4) is 0 Å². The Balaban J connectivity index is 2.29. The number of pyridine rings is 1. The molecule has 3 heteroatoms. The van der Waals surface area contributed by atoms with Gasteiger partial charge in [-0.15, -0.1) is 0 Å². The number of nitrogens with zero attached hydrogens (tertiary/aromatic N) is 1. The monoisotopic (exact) mass is 253 g/mol. The van der Waals surface area contributed by atoms with Gasteiger partial charge < -0.3 is 4.74 Å². The Morgan fingerprint density at radius 1 is 1.00 bits per heavy atom. The van der Waals surface area contributed by atoms with Gasteiger partial charge >= 0.3 is 0 Å². The van der Waals surface area contributed by atoms with Gasteiger partial charge in [-0.1, -0.05) is 24.3 Å². The summed E-state index contributed by atoms with van der Waals surface area (Å²) in [5.41, 5.74) is 1.85. The Morgan fingerprint density at radius 2 is 1.74 bits per heavy atom. The van der Waals surface area contributed by atoms with E-state index >= 15 is 0 Å². The lowest BCUT2D eigenvalue weighted by atomic mass is 10.1. The van der Waals surface area contributed by atoms with Crippen molar-refractivity contribution in [1.82, 2.24) is 4.98 Å². The number of rotatable bonds is 2. The molecule has 0 atom stereocenters. The smallest absolute Gasteiger partial charge is 0.132 e. The van der Waals surface area contributed by atoms with Crippen LogP contribution in [-0.4, -0.2) is 12.1 Å². The molecule has 3 aromatic rings. The third-order valence-corrected chi connectivity index (χ3v) is 3.05. The number of para-hydroxylation sites is 1. The molecular formula is C16H12FNO.